The molecule has 1 aliphatic rings. The van der Waals surface area contributed by atoms with E-state index in [0.717, 1.165) is 11.4 Å². The molecule has 1 amide bonds. The molecule has 2 aromatic rings. The molecular formula is C17H14N2O2S. The molecule has 5 heteroatoms. The average Bonchev–Trinajstić information content (AvgIpc) is 3.12. The van der Waals surface area contributed by atoms with Crippen LogP contribution in [-0.2, 0) is 4.79 Å². The van der Waals surface area contributed by atoms with Crippen molar-refractivity contribution in [3.8, 4) is 0 Å². The Bertz CT molecular complexity index is 756. The zero-order valence-corrected chi connectivity index (χ0v) is 12.8. The van der Waals surface area contributed by atoms with E-state index < -0.39 is 0 Å². The van der Waals surface area contributed by atoms with E-state index in [9.17, 15) is 4.79 Å². The van der Waals surface area contributed by atoms with E-state index in [1.54, 1.807) is 24.5 Å². The minimum atomic E-state index is -0.139. The van der Waals surface area contributed by atoms with Crippen molar-refractivity contribution in [1.82, 2.24) is 5.32 Å². The number of carbonyl (C=O) groups excluding carboxylic acids is 1. The molecule has 1 N–H and O–H groups in total. The van der Waals surface area contributed by atoms with Gasteiger partial charge < -0.3 is 9.73 Å². The molecule has 1 saturated heterocycles. The maximum atomic E-state index is 11.9. The number of amides is 1. The summed E-state index contributed by atoms with van der Waals surface area (Å²) in [6, 6.07) is 11.5. The molecule has 110 valence electrons. The third kappa shape index (κ3) is 3.56. The second kappa shape index (κ2) is 6.49. The number of aliphatic imine (C=N–C) groups is 1. The molecule has 0 aliphatic carbocycles. The van der Waals surface area contributed by atoms with Crippen molar-refractivity contribution in [2.75, 3.05) is 0 Å². The highest BCUT2D eigenvalue weighted by Crippen LogP contribution is 2.26. The molecule has 1 aliphatic heterocycles. The first kappa shape index (κ1) is 14.4. The van der Waals surface area contributed by atoms with Gasteiger partial charge in [-0.2, -0.15) is 0 Å². The maximum Gasteiger partial charge on any atom is 0.264 e. The smallest absolute Gasteiger partial charge is 0.264 e. The van der Waals surface area contributed by atoms with Crippen molar-refractivity contribution < 1.29 is 9.21 Å². The van der Waals surface area contributed by atoms with Crippen LogP contribution in [0.1, 0.15) is 11.3 Å². The van der Waals surface area contributed by atoms with Gasteiger partial charge in [0.2, 0.25) is 0 Å². The summed E-state index contributed by atoms with van der Waals surface area (Å²) in [6.07, 6.45) is 6.95. The SMILES string of the molecule is Cc1ccc(N=C2NC(=O)/C(=C/C=C/c3ccco3)S2)cc1. The number of allylic oxidation sites excluding steroid dienone is 2. The molecule has 3 rings (SSSR count). The summed E-state index contributed by atoms with van der Waals surface area (Å²) in [6.45, 7) is 2.02. The summed E-state index contributed by atoms with van der Waals surface area (Å²) in [5, 5.41) is 3.35. The highest BCUT2D eigenvalue weighted by atomic mass is 32.2. The largest absolute Gasteiger partial charge is 0.465 e. The lowest BCUT2D eigenvalue weighted by atomic mass is 10.2. The Morgan fingerprint density at radius 1 is 1.23 bits per heavy atom. The normalized spacial score (nSPS) is 18.5. The van der Waals surface area contributed by atoms with Crippen LogP contribution in [0.25, 0.3) is 6.08 Å². The molecule has 0 spiro atoms. The summed E-state index contributed by atoms with van der Waals surface area (Å²) in [7, 11) is 0. The number of hydrogen-bond acceptors (Lipinski definition) is 4. The van der Waals surface area contributed by atoms with Crippen LogP contribution < -0.4 is 5.32 Å². The first-order valence-corrected chi connectivity index (χ1v) is 7.59. The predicted molar refractivity (Wildman–Crippen MR) is 89.8 cm³/mol. The third-order valence-electron chi connectivity index (χ3n) is 2.97. The Balaban J connectivity index is 1.71. The van der Waals surface area contributed by atoms with Crippen LogP contribution in [0.3, 0.4) is 0 Å². The lowest BCUT2D eigenvalue weighted by Gasteiger charge is -1.96. The molecule has 0 saturated carbocycles. The highest BCUT2D eigenvalue weighted by molar-refractivity contribution is 8.18. The van der Waals surface area contributed by atoms with Crippen LogP contribution in [-0.4, -0.2) is 11.1 Å². The van der Waals surface area contributed by atoms with Crippen LogP contribution in [0, 0.1) is 6.92 Å². The number of nitrogens with one attached hydrogen (secondary N) is 1. The summed E-state index contributed by atoms with van der Waals surface area (Å²) in [5.74, 6) is 0.605. The van der Waals surface area contributed by atoms with Gasteiger partial charge in [-0.05, 0) is 55.1 Å². The molecule has 1 aromatic carbocycles. The van der Waals surface area contributed by atoms with E-state index in [-0.39, 0.29) is 5.91 Å². The van der Waals surface area contributed by atoms with E-state index in [2.05, 4.69) is 10.3 Å². The molecular weight excluding hydrogens is 296 g/mol. The van der Waals surface area contributed by atoms with Crippen LogP contribution >= 0.6 is 11.8 Å². The number of rotatable bonds is 3. The van der Waals surface area contributed by atoms with Gasteiger partial charge in [-0.3, -0.25) is 4.79 Å². The molecule has 0 unspecified atom stereocenters. The van der Waals surface area contributed by atoms with Crippen molar-refractivity contribution in [2.24, 2.45) is 4.99 Å². The zero-order valence-electron chi connectivity index (χ0n) is 11.9. The Labute approximate surface area is 132 Å². The average molecular weight is 310 g/mol. The second-order valence-corrected chi connectivity index (χ2v) is 5.74. The Kier molecular flexibility index (Phi) is 4.25. The van der Waals surface area contributed by atoms with E-state index in [0.29, 0.717) is 10.1 Å². The molecule has 2 heterocycles. The number of carbonyl (C=O) groups is 1. The molecule has 0 atom stereocenters. The minimum Gasteiger partial charge on any atom is -0.465 e. The van der Waals surface area contributed by atoms with Gasteiger partial charge in [-0.25, -0.2) is 4.99 Å². The van der Waals surface area contributed by atoms with Crippen molar-refractivity contribution in [3.63, 3.8) is 0 Å². The zero-order chi connectivity index (χ0) is 15.4. The fraction of sp³-hybridized carbons (Fsp3) is 0.0588. The summed E-state index contributed by atoms with van der Waals surface area (Å²) >= 11 is 1.32. The van der Waals surface area contributed by atoms with Crippen molar-refractivity contribution in [2.45, 2.75) is 6.92 Å². The Morgan fingerprint density at radius 2 is 2.05 bits per heavy atom. The molecule has 4 nitrogen and oxygen atoms in total. The number of benzene rings is 1. The number of hydrogen-bond donors (Lipinski definition) is 1. The van der Waals surface area contributed by atoms with Crippen LogP contribution in [0.2, 0.25) is 0 Å². The summed E-state index contributed by atoms with van der Waals surface area (Å²) in [4.78, 5) is 16.9. The van der Waals surface area contributed by atoms with Gasteiger partial charge in [-0.1, -0.05) is 23.8 Å². The summed E-state index contributed by atoms with van der Waals surface area (Å²) < 4.78 is 5.19. The van der Waals surface area contributed by atoms with Gasteiger partial charge in [0, 0.05) is 0 Å². The third-order valence-corrected chi connectivity index (χ3v) is 3.89. The van der Waals surface area contributed by atoms with Crippen LogP contribution in [0.4, 0.5) is 5.69 Å². The fourth-order valence-electron chi connectivity index (χ4n) is 1.85. The number of aryl methyl sites for hydroxylation is 1. The van der Waals surface area contributed by atoms with Gasteiger partial charge in [0.15, 0.2) is 5.17 Å². The maximum absolute atomic E-state index is 11.9. The van der Waals surface area contributed by atoms with Gasteiger partial charge in [0.05, 0.1) is 16.9 Å². The Morgan fingerprint density at radius 3 is 2.77 bits per heavy atom. The number of amidine groups is 1. The molecule has 1 fully saturated rings. The van der Waals surface area contributed by atoms with Gasteiger partial charge in [0.25, 0.3) is 5.91 Å². The monoisotopic (exact) mass is 310 g/mol. The number of nitrogens with zero attached hydrogens (tertiary/aromatic N) is 1. The van der Waals surface area contributed by atoms with Gasteiger partial charge in [-0.15, -0.1) is 0 Å². The first-order valence-electron chi connectivity index (χ1n) is 6.77. The van der Waals surface area contributed by atoms with Crippen molar-refractivity contribution in [1.29, 1.82) is 0 Å². The molecule has 1 aromatic heterocycles. The topological polar surface area (TPSA) is 54.6 Å². The van der Waals surface area contributed by atoms with E-state index in [1.807, 2.05) is 43.3 Å². The van der Waals surface area contributed by atoms with Crippen molar-refractivity contribution >= 4 is 34.6 Å². The van der Waals surface area contributed by atoms with Gasteiger partial charge in [0.1, 0.15) is 5.76 Å². The predicted octanol–water partition coefficient (Wildman–Crippen LogP) is 4.04. The lowest BCUT2D eigenvalue weighted by Crippen LogP contribution is -2.19. The van der Waals surface area contributed by atoms with E-state index >= 15 is 0 Å². The highest BCUT2D eigenvalue weighted by Gasteiger charge is 2.22. The fourth-order valence-corrected chi connectivity index (χ4v) is 2.64. The molecule has 22 heavy (non-hydrogen) atoms. The number of thioether (sulfide) groups is 1. The van der Waals surface area contributed by atoms with Crippen LogP contribution in [0.15, 0.2) is 69.1 Å². The van der Waals surface area contributed by atoms with E-state index in [4.69, 9.17) is 4.42 Å². The van der Waals surface area contributed by atoms with Crippen molar-refractivity contribution in [3.05, 3.63) is 71.0 Å². The lowest BCUT2D eigenvalue weighted by molar-refractivity contribution is -0.115. The first-order chi connectivity index (χ1) is 10.7. The van der Waals surface area contributed by atoms with Gasteiger partial charge >= 0.3 is 0 Å². The van der Waals surface area contributed by atoms with E-state index in [1.165, 1.54) is 17.3 Å². The van der Waals surface area contributed by atoms with Crippen LogP contribution in [0.5, 0.6) is 0 Å². The Hall–Kier alpha value is -2.53. The molecule has 0 radical (unpaired) electrons. The summed E-state index contributed by atoms with van der Waals surface area (Å²) in [5.41, 5.74) is 2.00. The minimum absolute atomic E-state index is 0.139. The standard InChI is InChI=1S/C17H14N2O2S/c1-12-7-9-13(10-8-12)18-17-19-16(20)15(22-17)6-2-4-14-5-3-11-21-14/h2-11H,1H3,(H,18,19,20)/b4-2+,15-6-. The quantitative estimate of drug-likeness (QED) is 0.871. The molecule has 0 bridgehead atoms. The number of furan rings is 1. The second-order valence-electron chi connectivity index (χ2n) is 4.71.